The lowest BCUT2D eigenvalue weighted by Gasteiger charge is -2.17. The fourth-order valence-corrected chi connectivity index (χ4v) is 2.88. The third-order valence-corrected chi connectivity index (χ3v) is 4.18. The lowest BCUT2D eigenvalue weighted by molar-refractivity contribution is -0.188. The first-order valence-electron chi connectivity index (χ1n) is 7.94. The van der Waals surface area contributed by atoms with Gasteiger partial charge in [-0.25, -0.2) is 4.39 Å². The molecular formula is C16H15F4N3O4. The predicted molar refractivity (Wildman–Crippen MR) is 81.0 cm³/mol. The maximum Gasteiger partial charge on any atom is 0.393 e. The molecule has 0 radical (unpaired) electrons. The molecule has 1 saturated heterocycles. The van der Waals surface area contributed by atoms with Crippen LogP contribution in [0.1, 0.15) is 11.7 Å². The average molecular weight is 389 g/mol. The molecule has 2 aromatic rings. The van der Waals surface area contributed by atoms with E-state index in [0.29, 0.717) is 5.75 Å². The summed E-state index contributed by atoms with van der Waals surface area (Å²) in [5.41, 5.74) is 0. The van der Waals surface area contributed by atoms with Crippen molar-refractivity contribution in [1.29, 1.82) is 0 Å². The van der Waals surface area contributed by atoms with Crippen LogP contribution in [0, 0.1) is 17.7 Å². The Labute approximate surface area is 150 Å². The Kier molecular flexibility index (Phi) is 5.31. The molecule has 1 aromatic carbocycles. The molecule has 0 bridgehead atoms. The van der Waals surface area contributed by atoms with Gasteiger partial charge in [0.15, 0.2) is 6.61 Å². The summed E-state index contributed by atoms with van der Waals surface area (Å²) in [7, 11) is 0. The van der Waals surface area contributed by atoms with Crippen molar-refractivity contribution in [2.75, 3.05) is 13.1 Å². The van der Waals surface area contributed by atoms with E-state index in [1.165, 1.54) is 29.2 Å². The molecule has 11 heteroatoms. The number of carbonyl (C=O) groups is 1. The largest absolute Gasteiger partial charge is 0.485 e. The molecule has 3 rings (SSSR count). The Morgan fingerprint density at radius 1 is 1.30 bits per heavy atom. The van der Waals surface area contributed by atoms with E-state index in [4.69, 9.17) is 14.4 Å². The molecule has 0 unspecified atom stereocenters. The summed E-state index contributed by atoms with van der Waals surface area (Å²) in [4.78, 5) is 16.4. The molecule has 27 heavy (non-hydrogen) atoms. The molecule has 1 aliphatic heterocycles. The molecule has 1 aromatic heterocycles. The summed E-state index contributed by atoms with van der Waals surface area (Å²) in [6.07, 6.45) is -4.60. The quantitative estimate of drug-likeness (QED) is 0.760. The Hall–Kier alpha value is -2.69. The Morgan fingerprint density at radius 2 is 2.00 bits per heavy atom. The predicted octanol–water partition coefficient (Wildman–Crippen LogP) is 2.48. The van der Waals surface area contributed by atoms with Crippen LogP contribution in [-0.2, 0) is 17.9 Å². The second-order valence-corrected chi connectivity index (χ2v) is 6.13. The lowest BCUT2D eigenvalue weighted by atomic mass is 9.96. The molecule has 0 amide bonds. The Balaban J connectivity index is 1.57. The zero-order chi connectivity index (χ0) is 19.6. The molecule has 0 saturated carbocycles. The number of aromatic nitrogens is 2. The Morgan fingerprint density at radius 3 is 2.59 bits per heavy atom. The number of alkyl halides is 3. The molecule has 1 aliphatic rings. The smallest absolute Gasteiger partial charge is 0.393 e. The summed E-state index contributed by atoms with van der Waals surface area (Å²) >= 11 is 0. The van der Waals surface area contributed by atoms with Gasteiger partial charge in [0, 0.05) is 13.1 Å². The number of carboxylic acid groups (broad SMARTS) is 1. The number of ether oxygens (including phenoxy) is 1. The number of halogens is 4. The SMILES string of the molecule is O=C(O)[C@@H]1CN(Cc2nc(COc3ccc(F)cc3)no2)C[C@H]1C(F)(F)F. The van der Waals surface area contributed by atoms with Gasteiger partial charge in [0.2, 0.25) is 11.7 Å². The van der Waals surface area contributed by atoms with Gasteiger partial charge in [-0.2, -0.15) is 18.2 Å². The topological polar surface area (TPSA) is 88.7 Å². The van der Waals surface area contributed by atoms with Gasteiger partial charge in [-0.3, -0.25) is 9.69 Å². The van der Waals surface area contributed by atoms with Gasteiger partial charge in [-0.15, -0.1) is 0 Å². The van der Waals surface area contributed by atoms with Crippen LogP contribution in [0.3, 0.4) is 0 Å². The highest BCUT2D eigenvalue weighted by Gasteiger charge is 2.52. The number of hydrogen-bond acceptors (Lipinski definition) is 6. The third-order valence-electron chi connectivity index (χ3n) is 4.18. The minimum atomic E-state index is -4.60. The van der Waals surface area contributed by atoms with Crippen LogP contribution < -0.4 is 4.74 Å². The van der Waals surface area contributed by atoms with Gasteiger partial charge in [0.05, 0.1) is 18.4 Å². The molecule has 0 aliphatic carbocycles. The van der Waals surface area contributed by atoms with Crippen LogP contribution in [0.2, 0.25) is 0 Å². The van der Waals surface area contributed by atoms with E-state index in [1.807, 2.05) is 0 Å². The fraction of sp³-hybridized carbons (Fsp3) is 0.438. The molecule has 0 spiro atoms. The van der Waals surface area contributed by atoms with Crippen LogP contribution in [0.5, 0.6) is 5.75 Å². The van der Waals surface area contributed by atoms with Crippen molar-refractivity contribution < 1.29 is 36.7 Å². The van der Waals surface area contributed by atoms with Gasteiger partial charge >= 0.3 is 12.1 Å². The first-order chi connectivity index (χ1) is 12.7. The second-order valence-electron chi connectivity index (χ2n) is 6.13. The summed E-state index contributed by atoms with van der Waals surface area (Å²) in [5, 5.41) is 12.7. The Bertz CT molecular complexity index is 794. The summed E-state index contributed by atoms with van der Waals surface area (Å²) in [6, 6.07) is 5.29. The first kappa shape index (κ1) is 19.1. The van der Waals surface area contributed by atoms with E-state index in [9.17, 15) is 22.4 Å². The standard InChI is InChI=1S/C16H15F4N3O4/c17-9-1-3-10(4-2-9)26-8-13-21-14(27-22-13)7-23-5-11(15(24)25)12(6-23)16(18,19)20/h1-4,11-12H,5-8H2,(H,24,25)/t11-,12-/m1/s1. The highest BCUT2D eigenvalue weighted by atomic mass is 19.4. The lowest BCUT2D eigenvalue weighted by Crippen LogP contribution is -2.33. The van der Waals surface area contributed by atoms with Crippen LogP contribution in [0.25, 0.3) is 0 Å². The monoisotopic (exact) mass is 389 g/mol. The van der Waals surface area contributed by atoms with E-state index in [2.05, 4.69) is 10.1 Å². The van der Waals surface area contributed by atoms with Crippen molar-refractivity contribution >= 4 is 5.97 Å². The highest BCUT2D eigenvalue weighted by Crippen LogP contribution is 2.38. The van der Waals surface area contributed by atoms with E-state index in [1.54, 1.807) is 0 Å². The zero-order valence-corrected chi connectivity index (χ0v) is 13.8. The van der Waals surface area contributed by atoms with Crippen LogP contribution in [0.15, 0.2) is 28.8 Å². The number of hydrogen-bond donors (Lipinski definition) is 1. The second kappa shape index (κ2) is 7.51. The van der Waals surface area contributed by atoms with Crippen LogP contribution >= 0.6 is 0 Å². The third kappa shape index (κ3) is 4.73. The molecule has 2 heterocycles. The van der Waals surface area contributed by atoms with Crippen molar-refractivity contribution in [3.63, 3.8) is 0 Å². The number of rotatable bonds is 6. The first-order valence-corrected chi connectivity index (χ1v) is 7.94. The zero-order valence-electron chi connectivity index (χ0n) is 13.8. The molecule has 2 atom stereocenters. The average Bonchev–Trinajstić information content (AvgIpc) is 3.21. The maximum atomic E-state index is 13.0. The number of likely N-dealkylation sites (tertiary alicyclic amines) is 1. The number of nitrogens with zero attached hydrogens (tertiary/aromatic N) is 3. The highest BCUT2D eigenvalue weighted by molar-refractivity contribution is 5.71. The van der Waals surface area contributed by atoms with Crippen LogP contribution in [-0.4, -0.2) is 45.4 Å². The van der Waals surface area contributed by atoms with Gasteiger partial charge in [-0.05, 0) is 24.3 Å². The number of carboxylic acids is 1. The summed E-state index contributed by atoms with van der Waals surface area (Å²) in [6.45, 7) is -0.883. The molecular weight excluding hydrogens is 374 g/mol. The van der Waals surface area contributed by atoms with Crippen molar-refractivity contribution in [2.24, 2.45) is 11.8 Å². The van der Waals surface area contributed by atoms with E-state index in [0.717, 1.165) is 0 Å². The number of aliphatic carboxylic acids is 1. The summed E-state index contributed by atoms with van der Waals surface area (Å²) in [5.74, 6) is -4.77. The number of benzene rings is 1. The van der Waals surface area contributed by atoms with Crippen molar-refractivity contribution in [3.8, 4) is 5.75 Å². The van der Waals surface area contributed by atoms with Gasteiger partial charge in [0.25, 0.3) is 0 Å². The van der Waals surface area contributed by atoms with Crippen LogP contribution in [0.4, 0.5) is 17.6 Å². The molecule has 7 nitrogen and oxygen atoms in total. The summed E-state index contributed by atoms with van der Waals surface area (Å²) < 4.78 is 62.1. The van der Waals surface area contributed by atoms with Crippen molar-refractivity contribution in [2.45, 2.75) is 19.3 Å². The van der Waals surface area contributed by atoms with E-state index >= 15 is 0 Å². The fourth-order valence-electron chi connectivity index (χ4n) is 2.88. The maximum absolute atomic E-state index is 13.0. The molecule has 1 fully saturated rings. The normalized spacial score (nSPS) is 20.7. The minimum Gasteiger partial charge on any atom is -0.485 e. The van der Waals surface area contributed by atoms with E-state index in [-0.39, 0.29) is 31.4 Å². The van der Waals surface area contributed by atoms with Crippen molar-refractivity contribution in [1.82, 2.24) is 15.0 Å². The van der Waals surface area contributed by atoms with Gasteiger partial charge in [0.1, 0.15) is 11.6 Å². The minimum absolute atomic E-state index is 0.0552. The van der Waals surface area contributed by atoms with Crippen molar-refractivity contribution in [3.05, 3.63) is 41.8 Å². The van der Waals surface area contributed by atoms with E-state index < -0.39 is 36.3 Å². The molecule has 1 N–H and O–H groups in total. The van der Waals surface area contributed by atoms with Gasteiger partial charge < -0.3 is 14.4 Å². The molecule has 146 valence electrons. The van der Waals surface area contributed by atoms with Gasteiger partial charge in [-0.1, -0.05) is 5.16 Å².